The summed E-state index contributed by atoms with van der Waals surface area (Å²) < 4.78 is 11.4. The topological polar surface area (TPSA) is 30.5 Å². The van der Waals surface area contributed by atoms with Gasteiger partial charge in [0.2, 0.25) is 0 Å². The third-order valence-electron chi connectivity index (χ3n) is 3.96. The number of nitrogens with one attached hydrogen (secondary N) is 1. The quantitative estimate of drug-likeness (QED) is 0.639. The Morgan fingerprint density at radius 1 is 0.923 bits per heavy atom. The van der Waals surface area contributed by atoms with E-state index in [2.05, 4.69) is 54.0 Å². The number of halogens is 1. The number of hydrogen-bond donors (Lipinski definition) is 1. The Labute approximate surface area is 165 Å². The van der Waals surface area contributed by atoms with Crippen LogP contribution in [0.4, 0.5) is 0 Å². The fourth-order valence-electron chi connectivity index (χ4n) is 2.54. The Morgan fingerprint density at radius 3 is 2.35 bits per heavy atom. The van der Waals surface area contributed by atoms with Gasteiger partial charge in [-0.05, 0) is 41.6 Å². The summed E-state index contributed by atoms with van der Waals surface area (Å²) in [4.78, 5) is 1.20. The molecule has 0 unspecified atom stereocenters. The number of ether oxygens (including phenoxy) is 2. The van der Waals surface area contributed by atoms with Crippen molar-refractivity contribution in [1.82, 2.24) is 5.32 Å². The van der Waals surface area contributed by atoms with Crippen LogP contribution in [0, 0.1) is 6.92 Å². The molecule has 0 bridgehead atoms. The molecule has 0 aliphatic carbocycles. The van der Waals surface area contributed by atoms with Gasteiger partial charge >= 0.3 is 0 Å². The van der Waals surface area contributed by atoms with E-state index in [-0.39, 0.29) is 12.4 Å². The average molecular weight is 389 g/mol. The summed E-state index contributed by atoms with van der Waals surface area (Å²) in [6.07, 6.45) is 0. The predicted molar refractivity (Wildman–Crippen MR) is 103 cm³/mol. The molecule has 0 aliphatic rings. The second-order valence-electron chi connectivity index (χ2n) is 5.94. The minimum absolute atomic E-state index is 0. The van der Waals surface area contributed by atoms with Gasteiger partial charge in [0, 0.05) is 18.0 Å². The lowest BCUT2D eigenvalue weighted by Crippen LogP contribution is -3.00. The Bertz CT molecular complexity index is 788. The molecule has 0 aliphatic heterocycles. The lowest BCUT2D eigenvalue weighted by Gasteiger charge is -2.12. The Kier molecular flexibility index (Phi) is 7.98. The summed E-state index contributed by atoms with van der Waals surface area (Å²) in [7, 11) is 1.68. The molecule has 0 saturated carbocycles. The van der Waals surface area contributed by atoms with Crippen molar-refractivity contribution in [3.63, 3.8) is 0 Å². The Morgan fingerprint density at radius 2 is 1.65 bits per heavy atom. The first-order valence-corrected chi connectivity index (χ1v) is 9.21. The Hall–Kier alpha value is -2.01. The monoisotopic (exact) mass is 388 g/mol. The van der Waals surface area contributed by atoms with Crippen LogP contribution >= 0.6 is 11.3 Å². The minimum atomic E-state index is 0. The maximum Gasteiger partial charge on any atom is 0.161 e. The highest BCUT2D eigenvalue weighted by Gasteiger charge is 2.07. The summed E-state index contributed by atoms with van der Waals surface area (Å²) in [5.41, 5.74) is 3.74. The van der Waals surface area contributed by atoms with Crippen LogP contribution in [-0.2, 0) is 19.7 Å². The van der Waals surface area contributed by atoms with E-state index in [4.69, 9.17) is 9.47 Å². The van der Waals surface area contributed by atoms with Crippen molar-refractivity contribution >= 4 is 11.3 Å². The minimum Gasteiger partial charge on any atom is -1.00 e. The van der Waals surface area contributed by atoms with E-state index in [1.807, 2.05) is 18.2 Å². The molecule has 138 valence electrons. The zero-order valence-electron chi connectivity index (χ0n) is 15.0. The van der Waals surface area contributed by atoms with Gasteiger partial charge in [-0.2, -0.15) is 0 Å². The van der Waals surface area contributed by atoms with Crippen molar-refractivity contribution in [1.29, 1.82) is 0 Å². The second-order valence-corrected chi connectivity index (χ2v) is 6.97. The highest BCUT2D eigenvalue weighted by atomic mass is 35.5. The van der Waals surface area contributed by atoms with Gasteiger partial charge in [0.15, 0.2) is 11.5 Å². The van der Waals surface area contributed by atoms with E-state index >= 15 is 0 Å². The first-order valence-electron chi connectivity index (χ1n) is 8.33. The van der Waals surface area contributed by atoms with Crippen molar-refractivity contribution in [2.75, 3.05) is 7.11 Å². The van der Waals surface area contributed by atoms with E-state index in [0.717, 1.165) is 24.6 Å². The van der Waals surface area contributed by atoms with Gasteiger partial charge in [0.25, 0.3) is 0 Å². The van der Waals surface area contributed by atoms with Crippen molar-refractivity contribution < 1.29 is 21.9 Å². The number of thiophene rings is 1. The molecule has 1 N–H and O–H groups in total. The molecule has 0 atom stereocenters. The molecule has 0 radical (unpaired) electrons. The first-order chi connectivity index (χ1) is 12.2. The molecule has 3 nitrogen and oxygen atoms in total. The van der Waals surface area contributed by atoms with E-state index in [0.29, 0.717) is 6.61 Å². The van der Waals surface area contributed by atoms with Crippen molar-refractivity contribution in [3.05, 3.63) is 81.5 Å². The lowest BCUT2D eigenvalue weighted by atomic mass is 10.1. The van der Waals surface area contributed by atoms with Gasteiger partial charge in [-0.25, -0.2) is 0 Å². The number of aryl methyl sites for hydroxylation is 1. The average Bonchev–Trinajstić information content (AvgIpc) is 3.15. The van der Waals surface area contributed by atoms with E-state index < -0.39 is 0 Å². The largest absolute Gasteiger partial charge is 1.00 e. The molecular weight excluding hydrogens is 366 g/mol. The van der Waals surface area contributed by atoms with Crippen LogP contribution in [-0.4, -0.2) is 7.11 Å². The molecule has 1 heterocycles. The molecule has 0 saturated heterocycles. The zero-order valence-corrected chi connectivity index (χ0v) is 16.6. The number of methoxy groups -OCH3 is 1. The van der Waals surface area contributed by atoms with E-state index in [1.165, 1.54) is 21.6 Å². The smallest absolute Gasteiger partial charge is 0.161 e. The highest BCUT2D eigenvalue weighted by Crippen LogP contribution is 2.29. The second kappa shape index (κ2) is 10.2. The molecule has 3 rings (SSSR count). The SMILES string of the molecule is COc1cc(CNCc2ccc(C)cc2)ccc1OCc1cccs1.[Cl-]. The van der Waals surface area contributed by atoms with Crippen LogP contribution < -0.4 is 27.2 Å². The molecule has 2 aromatic carbocycles. The third-order valence-corrected chi connectivity index (χ3v) is 4.81. The summed E-state index contributed by atoms with van der Waals surface area (Å²) in [5, 5.41) is 5.52. The summed E-state index contributed by atoms with van der Waals surface area (Å²) in [5.74, 6) is 1.55. The standard InChI is InChI=1S/C21H23NO2S.ClH/c1-16-5-7-17(8-6-16)13-22-14-18-9-10-20(21(12-18)23-2)24-15-19-4-3-11-25-19;/h3-12,22H,13-15H2,1-2H3;1H/p-1. The fourth-order valence-corrected chi connectivity index (χ4v) is 3.16. The molecule has 0 amide bonds. The van der Waals surface area contributed by atoms with Crippen LogP contribution in [0.2, 0.25) is 0 Å². The van der Waals surface area contributed by atoms with Gasteiger partial charge < -0.3 is 27.2 Å². The van der Waals surface area contributed by atoms with Crippen LogP contribution in [0.5, 0.6) is 11.5 Å². The number of rotatable bonds is 8. The van der Waals surface area contributed by atoms with Gasteiger partial charge in [-0.3, -0.25) is 0 Å². The lowest BCUT2D eigenvalue weighted by molar-refractivity contribution is -0.00000565. The highest BCUT2D eigenvalue weighted by molar-refractivity contribution is 7.09. The summed E-state index contributed by atoms with van der Waals surface area (Å²) in [6, 6.07) is 18.8. The molecular formula is C21H23ClNO2S-. The molecule has 5 heteroatoms. The summed E-state index contributed by atoms with van der Waals surface area (Å²) in [6.45, 7) is 4.30. The van der Waals surface area contributed by atoms with Crippen molar-refractivity contribution in [3.8, 4) is 11.5 Å². The van der Waals surface area contributed by atoms with Gasteiger partial charge in [0.05, 0.1) is 7.11 Å². The maximum atomic E-state index is 5.88. The van der Waals surface area contributed by atoms with Crippen LogP contribution in [0.1, 0.15) is 21.6 Å². The molecule has 0 spiro atoms. The van der Waals surface area contributed by atoms with Gasteiger partial charge in [-0.1, -0.05) is 42.0 Å². The van der Waals surface area contributed by atoms with Crippen LogP contribution in [0.3, 0.4) is 0 Å². The van der Waals surface area contributed by atoms with Crippen molar-refractivity contribution in [2.24, 2.45) is 0 Å². The molecule has 0 fully saturated rings. The Balaban J connectivity index is 0.00000243. The molecule has 3 aromatic rings. The number of hydrogen-bond acceptors (Lipinski definition) is 4. The third kappa shape index (κ3) is 5.77. The fraction of sp³-hybridized carbons (Fsp3) is 0.238. The maximum absolute atomic E-state index is 5.88. The zero-order chi connectivity index (χ0) is 17.5. The molecule has 26 heavy (non-hydrogen) atoms. The first kappa shape index (κ1) is 20.3. The van der Waals surface area contributed by atoms with Crippen molar-refractivity contribution in [2.45, 2.75) is 26.6 Å². The normalized spacial score (nSPS) is 10.2. The van der Waals surface area contributed by atoms with Gasteiger partial charge in [0.1, 0.15) is 6.61 Å². The number of benzene rings is 2. The van der Waals surface area contributed by atoms with E-state index in [9.17, 15) is 0 Å². The van der Waals surface area contributed by atoms with Gasteiger partial charge in [-0.15, -0.1) is 11.3 Å². The van der Waals surface area contributed by atoms with Crippen LogP contribution in [0.25, 0.3) is 0 Å². The van der Waals surface area contributed by atoms with E-state index in [1.54, 1.807) is 18.4 Å². The predicted octanol–water partition coefficient (Wildman–Crippen LogP) is 1.94. The van der Waals surface area contributed by atoms with Crippen LogP contribution in [0.15, 0.2) is 60.0 Å². The molecule has 1 aromatic heterocycles. The summed E-state index contributed by atoms with van der Waals surface area (Å²) >= 11 is 1.69.